The lowest BCUT2D eigenvalue weighted by Crippen LogP contribution is -2.36. The molecule has 4 nitrogen and oxygen atoms in total. The highest BCUT2D eigenvalue weighted by Gasteiger charge is 2.12. The quantitative estimate of drug-likeness (QED) is 0.763. The van der Waals surface area contributed by atoms with E-state index in [1.165, 1.54) is 5.56 Å². The molecule has 0 radical (unpaired) electrons. The van der Waals surface area contributed by atoms with E-state index < -0.39 is 0 Å². The van der Waals surface area contributed by atoms with Crippen molar-refractivity contribution in [2.45, 2.75) is 27.3 Å². The molecule has 1 amide bonds. The van der Waals surface area contributed by atoms with Crippen LogP contribution in [0.4, 0.5) is 5.69 Å². The predicted octanol–water partition coefficient (Wildman–Crippen LogP) is 2.51. The number of primary amides is 1. The van der Waals surface area contributed by atoms with Crippen LogP contribution >= 0.6 is 15.9 Å². The Kier molecular flexibility index (Phi) is 7.02. The summed E-state index contributed by atoms with van der Waals surface area (Å²) in [6.45, 7) is 9.16. The highest BCUT2D eigenvalue weighted by Crippen LogP contribution is 2.24. The second-order valence-corrected chi connectivity index (χ2v) is 6.15. The summed E-state index contributed by atoms with van der Waals surface area (Å²) in [6, 6.07) is 6.18. The van der Waals surface area contributed by atoms with Crippen LogP contribution in [0.2, 0.25) is 0 Å². The van der Waals surface area contributed by atoms with E-state index in [9.17, 15) is 4.79 Å². The highest BCUT2D eigenvalue weighted by atomic mass is 79.9. The molecule has 0 aliphatic rings. The van der Waals surface area contributed by atoms with Crippen LogP contribution in [0.1, 0.15) is 26.3 Å². The molecule has 0 fully saturated rings. The van der Waals surface area contributed by atoms with Crippen molar-refractivity contribution in [1.82, 2.24) is 5.32 Å². The summed E-state index contributed by atoms with van der Waals surface area (Å²) >= 11 is 3.60. The molecular formula is C15H24BrN3O. The van der Waals surface area contributed by atoms with Gasteiger partial charge >= 0.3 is 0 Å². The van der Waals surface area contributed by atoms with Gasteiger partial charge in [0.1, 0.15) is 0 Å². The number of halogens is 1. The normalized spacial score (nSPS) is 10.8. The van der Waals surface area contributed by atoms with Gasteiger partial charge in [0.15, 0.2) is 0 Å². The zero-order chi connectivity index (χ0) is 15.1. The van der Waals surface area contributed by atoms with Crippen LogP contribution in [-0.4, -0.2) is 25.5 Å². The molecule has 0 aliphatic heterocycles. The second kappa shape index (κ2) is 8.27. The van der Waals surface area contributed by atoms with Gasteiger partial charge in [0.05, 0.1) is 6.54 Å². The number of carbonyl (C=O) groups excluding carboxylic acids is 1. The van der Waals surface area contributed by atoms with Gasteiger partial charge in [-0.1, -0.05) is 42.8 Å². The van der Waals surface area contributed by atoms with E-state index >= 15 is 0 Å². The Labute approximate surface area is 129 Å². The van der Waals surface area contributed by atoms with E-state index in [0.717, 1.165) is 29.8 Å². The lowest BCUT2D eigenvalue weighted by Gasteiger charge is -2.26. The molecular weight excluding hydrogens is 318 g/mol. The smallest absolute Gasteiger partial charge is 0.236 e. The Morgan fingerprint density at radius 1 is 1.45 bits per heavy atom. The Morgan fingerprint density at radius 2 is 2.15 bits per heavy atom. The van der Waals surface area contributed by atoms with Crippen LogP contribution < -0.4 is 16.0 Å². The largest absolute Gasteiger partial charge is 0.368 e. The van der Waals surface area contributed by atoms with Gasteiger partial charge in [-0.2, -0.15) is 0 Å². The molecule has 112 valence electrons. The standard InChI is InChI=1S/C15H24BrN3O/c1-4-18-8-12-5-6-13(7-14(12)16)19(9-11(2)3)10-15(17)20/h5-7,11,18H,4,8-10H2,1-3H3,(H2,17,20). The van der Waals surface area contributed by atoms with Gasteiger partial charge in [-0.05, 0) is 30.2 Å². The van der Waals surface area contributed by atoms with Crippen molar-refractivity contribution in [2.24, 2.45) is 11.7 Å². The number of amides is 1. The average Bonchev–Trinajstić information content (AvgIpc) is 2.35. The van der Waals surface area contributed by atoms with Gasteiger partial charge in [-0.25, -0.2) is 0 Å². The van der Waals surface area contributed by atoms with Gasteiger partial charge in [0.2, 0.25) is 5.91 Å². The van der Waals surface area contributed by atoms with Gasteiger partial charge in [0, 0.05) is 23.2 Å². The first kappa shape index (κ1) is 17.0. The van der Waals surface area contributed by atoms with Crippen LogP contribution in [0.15, 0.2) is 22.7 Å². The van der Waals surface area contributed by atoms with Gasteiger partial charge < -0.3 is 16.0 Å². The molecule has 1 aromatic rings. The maximum Gasteiger partial charge on any atom is 0.236 e. The highest BCUT2D eigenvalue weighted by molar-refractivity contribution is 9.10. The minimum Gasteiger partial charge on any atom is -0.368 e. The molecule has 1 rings (SSSR count). The third-order valence-electron chi connectivity index (χ3n) is 2.90. The van der Waals surface area contributed by atoms with Gasteiger partial charge in [-0.3, -0.25) is 4.79 Å². The predicted molar refractivity (Wildman–Crippen MR) is 87.8 cm³/mol. The van der Waals surface area contributed by atoms with Gasteiger partial charge in [-0.15, -0.1) is 0 Å². The zero-order valence-corrected chi connectivity index (χ0v) is 14.0. The summed E-state index contributed by atoms with van der Waals surface area (Å²) in [4.78, 5) is 13.2. The molecule has 0 spiro atoms. The number of nitrogens with zero attached hydrogens (tertiary/aromatic N) is 1. The molecule has 0 atom stereocenters. The number of anilines is 1. The molecule has 3 N–H and O–H groups in total. The lowest BCUT2D eigenvalue weighted by molar-refractivity contribution is -0.116. The number of rotatable bonds is 8. The van der Waals surface area contributed by atoms with Crippen LogP contribution in [-0.2, 0) is 11.3 Å². The number of nitrogens with one attached hydrogen (secondary N) is 1. The van der Waals surface area contributed by atoms with Crippen molar-refractivity contribution in [2.75, 3.05) is 24.5 Å². The summed E-state index contributed by atoms with van der Waals surface area (Å²) in [5.41, 5.74) is 7.56. The average molecular weight is 342 g/mol. The molecule has 0 aliphatic carbocycles. The second-order valence-electron chi connectivity index (χ2n) is 5.30. The summed E-state index contributed by atoms with van der Waals surface area (Å²) in [6.07, 6.45) is 0. The van der Waals surface area contributed by atoms with E-state index in [0.29, 0.717) is 5.92 Å². The fraction of sp³-hybridized carbons (Fsp3) is 0.533. The maximum absolute atomic E-state index is 11.2. The van der Waals surface area contributed by atoms with Crippen molar-refractivity contribution in [1.29, 1.82) is 0 Å². The molecule has 0 saturated carbocycles. The Morgan fingerprint density at radius 3 is 2.65 bits per heavy atom. The van der Waals surface area contributed by atoms with Crippen LogP contribution in [0, 0.1) is 5.92 Å². The van der Waals surface area contributed by atoms with Crippen molar-refractivity contribution >= 4 is 27.5 Å². The fourth-order valence-corrected chi connectivity index (χ4v) is 2.53. The van der Waals surface area contributed by atoms with Gasteiger partial charge in [0.25, 0.3) is 0 Å². The molecule has 0 heterocycles. The molecule has 0 bridgehead atoms. The van der Waals surface area contributed by atoms with Crippen molar-refractivity contribution < 1.29 is 4.79 Å². The first-order valence-corrected chi connectivity index (χ1v) is 7.75. The maximum atomic E-state index is 11.2. The zero-order valence-electron chi connectivity index (χ0n) is 12.4. The van der Waals surface area contributed by atoms with E-state index in [1.54, 1.807) is 0 Å². The molecule has 0 saturated heterocycles. The number of nitrogens with two attached hydrogens (primary N) is 1. The van der Waals surface area contributed by atoms with E-state index in [4.69, 9.17) is 5.73 Å². The molecule has 5 heteroatoms. The number of hydrogen-bond donors (Lipinski definition) is 2. The van der Waals surface area contributed by atoms with Crippen LogP contribution in [0.5, 0.6) is 0 Å². The molecule has 1 aromatic carbocycles. The minimum absolute atomic E-state index is 0.247. The first-order chi connectivity index (χ1) is 9.43. The first-order valence-electron chi connectivity index (χ1n) is 6.96. The Balaban J connectivity index is 2.90. The third-order valence-corrected chi connectivity index (χ3v) is 3.64. The summed E-state index contributed by atoms with van der Waals surface area (Å²) in [5.74, 6) is 0.160. The SMILES string of the molecule is CCNCc1ccc(N(CC(N)=O)CC(C)C)cc1Br. The number of carbonyl (C=O) groups is 1. The molecule has 0 aromatic heterocycles. The molecule has 20 heavy (non-hydrogen) atoms. The Hall–Kier alpha value is -1.07. The number of hydrogen-bond acceptors (Lipinski definition) is 3. The van der Waals surface area contributed by atoms with Crippen molar-refractivity contribution in [3.63, 3.8) is 0 Å². The summed E-state index contributed by atoms with van der Waals surface area (Å²) < 4.78 is 1.05. The van der Waals surface area contributed by atoms with E-state index in [-0.39, 0.29) is 12.5 Å². The van der Waals surface area contributed by atoms with Crippen LogP contribution in [0.25, 0.3) is 0 Å². The topological polar surface area (TPSA) is 58.4 Å². The number of benzene rings is 1. The summed E-state index contributed by atoms with van der Waals surface area (Å²) in [5, 5.41) is 3.30. The lowest BCUT2D eigenvalue weighted by atomic mass is 10.1. The Bertz CT molecular complexity index is 449. The van der Waals surface area contributed by atoms with Crippen molar-refractivity contribution in [3.8, 4) is 0 Å². The third kappa shape index (κ3) is 5.51. The van der Waals surface area contributed by atoms with E-state index in [2.05, 4.69) is 54.2 Å². The minimum atomic E-state index is -0.307. The monoisotopic (exact) mass is 341 g/mol. The van der Waals surface area contributed by atoms with Crippen molar-refractivity contribution in [3.05, 3.63) is 28.2 Å². The summed E-state index contributed by atoms with van der Waals surface area (Å²) in [7, 11) is 0. The van der Waals surface area contributed by atoms with E-state index in [1.807, 2.05) is 11.0 Å². The molecule has 0 unspecified atom stereocenters. The van der Waals surface area contributed by atoms with Crippen LogP contribution in [0.3, 0.4) is 0 Å². The fourth-order valence-electron chi connectivity index (χ4n) is 2.03.